The maximum absolute atomic E-state index is 12.4. The van der Waals surface area contributed by atoms with Crippen molar-refractivity contribution in [3.8, 4) is 0 Å². The summed E-state index contributed by atoms with van der Waals surface area (Å²) in [6.07, 6.45) is 15.8. The highest BCUT2D eigenvalue weighted by molar-refractivity contribution is 5.70. The van der Waals surface area contributed by atoms with Gasteiger partial charge in [0.2, 0.25) is 0 Å². The molecular formula is C43H81N5O8. The van der Waals surface area contributed by atoms with Crippen LogP contribution in [0.25, 0.3) is 0 Å². The van der Waals surface area contributed by atoms with Gasteiger partial charge in [0.25, 0.3) is 0 Å². The minimum absolute atomic E-state index is 0.192. The number of nitrogens with zero attached hydrogens (tertiary/aromatic N) is 3. The Morgan fingerprint density at radius 3 is 1.50 bits per heavy atom. The highest BCUT2D eigenvalue weighted by atomic mass is 16.5. The van der Waals surface area contributed by atoms with E-state index in [1.165, 1.54) is 32.4 Å². The molecule has 2 aliphatic heterocycles. The van der Waals surface area contributed by atoms with Crippen LogP contribution in [-0.2, 0) is 38.1 Å². The number of hydrogen-bond donors (Lipinski definition) is 2. The number of esters is 4. The number of carbonyl (C=O) groups is 4. The topological polar surface area (TPSA) is 139 Å². The van der Waals surface area contributed by atoms with Crippen molar-refractivity contribution in [2.75, 3.05) is 113 Å². The molecule has 0 aromatic heterocycles. The van der Waals surface area contributed by atoms with Gasteiger partial charge < -0.3 is 44.3 Å². The average molecular weight is 796 g/mol. The van der Waals surface area contributed by atoms with E-state index in [0.29, 0.717) is 104 Å². The first kappa shape index (κ1) is 49.8. The minimum atomic E-state index is -0.223. The third-order valence-corrected chi connectivity index (χ3v) is 11.1. The van der Waals surface area contributed by atoms with Crippen LogP contribution in [-0.4, -0.2) is 151 Å². The molecule has 0 aromatic rings. The minimum Gasteiger partial charge on any atom is -0.466 e. The van der Waals surface area contributed by atoms with Crippen molar-refractivity contribution >= 4 is 23.9 Å². The van der Waals surface area contributed by atoms with Crippen LogP contribution in [0.2, 0.25) is 0 Å². The fourth-order valence-electron chi connectivity index (χ4n) is 7.20. The van der Waals surface area contributed by atoms with E-state index in [-0.39, 0.29) is 29.8 Å². The molecule has 2 aliphatic rings. The molecule has 2 N–H and O–H groups in total. The van der Waals surface area contributed by atoms with E-state index in [1.807, 2.05) is 0 Å². The van der Waals surface area contributed by atoms with Gasteiger partial charge in [-0.2, -0.15) is 0 Å². The van der Waals surface area contributed by atoms with Crippen molar-refractivity contribution in [1.82, 2.24) is 25.3 Å². The molecule has 1 unspecified atom stereocenters. The van der Waals surface area contributed by atoms with Crippen molar-refractivity contribution in [3.05, 3.63) is 0 Å². The summed E-state index contributed by atoms with van der Waals surface area (Å²) < 4.78 is 21.5. The lowest BCUT2D eigenvalue weighted by atomic mass is 9.92. The van der Waals surface area contributed by atoms with Crippen molar-refractivity contribution in [1.29, 1.82) is 0 Å². The number of hydrogen-bond acceptors (Lipinski definition) is 13. The van der Waals surface area contributed by atoms with Crippen LogP contribution < -0.4 is 10.6 Å². The lowest BCUT2D eigenvalue weighted by molar-refractivity contribution is -0.146. The Bertz CT molecular complexity index is 946. The van der Waals surface area contributed by atoms with Crippen LogP contribution in [0, 0.1) is 11.8 Å². The van der Waals surface area contributed by atoms with Gasteiger partial charge in [0.05, 0.1) is 39.3 Å². The summed E-state index contributed by atoms with van der Waals surface area (Å²) in [6, 6.07) is 0. The highest BCUT2D eigenvalue weighted by Gasteiger charge is 2.17. The Hall–Kier alpha value is -2.32. The Labute approximate surface area is 340 Å². The third kappa shape index (κ3) is 28.1. The summed E-state index contributed by atoms with van der Waals surface area (Å²) in [6.45, 7) is 14.6. The normalized spacial score (nSPS) is 16.4. The van der Waals surface area contributed by atoms with Crippen LogP contribution >= 0.6 is 0 Å². The molecule has 0 saturated carbocycles. The quantitative estimate of drug-likeness (QED) is 0.0502. The van der Waals surface area contributed by atoms with Gasteiger partial charge in [-0.25, -0.2) is 0 Å². The summed E-state index contributed by atoms with van der Waals surface area (Å²) in [5.41, 5.74) is 0. The van der Waals surface area contributed by atoms with Crippen molar-refractivity contribution in [2.45, 2.75) is 129 Å². The summed E-state index contributed by atoms with van der Waals surface area (Å²) in [4.78, 5) is 56.1. The molecule has 0 aromatic carbocycles. The molecule has 0 radical (unpaired) electrons. The highest BCUT2D eigenvalue weighted by Crippen LogP contribution is 2.22. The first-order chi connectivity index (χ1) is 27.2. The molecule has 0 aliphatic carbocycles. The van der Waals surface area contributed by atoms with Crippen LogP contribution in [0.4, 0.5) is 0 Å². The molecule has 2 saturated heterocycles. The fourth-order valence-corrected chi connectivity index (χ4v) is 7.20. The van der Waals surface area contributed by atoms with Crippen LogP contribution in [0.5, 0.6) is 0 Å². The summed E-state index contributed by atoms with van der Waals surface area (Å²) in [5.74, 6) is 0.266. The summed E-state index contributed by atoms with van der Waals surface area (Å²) in [5, 5.41) is 6.69. The lowest BCUT2D eigenvalue weighted by Crippen LogP contribution is -2.45. The summed E-state index contributed by atoms with van der Waals surface area (Å²) >= 11 is 0. The predicted molar refractivity (Wildman–Crippen MR) is 221 cm³/mol. The number of rotatable bonds is 34. The van der Waals surface area contributed by atoms with Gasteiger partial charge in [-0.15, -0.1) is 0 Å². The SMILES string of the molecule is CCCCCC(CCC(=O)OCCCCOC(=O)CCNCCCC1CCN(C)CC1)CCC(=O)OCCCCOC(=O)CCNCCCN1CCN(C)CC1. The molecule has 2 fully saturated rings. The molecule has 326 valence electrons. The molecule has 0 amide bonds. The fraction of sp³-hybridized carbons (Fsp3) is 0.907. The van der Waals surface area contributed by atoms with E-state index < -0.39 is 0 Å². The van der Waals surface area contributed by atoms with E-state index in [4.69, 9.17) is 18.9 Å². The molecule has 13 heteroatoms. The number of nitrogens with one attached hydrogen (secondary N) is 2. The molecule has 1 atom stereocenters. The van der Waals surface area contributed by atoms with Gasteiger partial charge in [-0.3, -0.25) is 19.2 Å². The molecule has 56 heavy (non-hydrogen) atoms. The van der Waals surface area contributed by atoms with Crippen LogP contribution in [0.1, 0.15) is 129 Å². The number of piperazine rings is 1. The standard InChI is InChI=1S/C43H81N5O8/c1-4-5-6-13-38(15-17-40(49)53-34-7-9-36-55-42(51)19-25-44-23-11-14-39-21-28-46(2)29-22-39)16-18-41(50)54-35-8-10-37-56-43(52)20-26-45-24-12-27-48-32-30-47(3)31-33-48/h38-39,44-45H,4-37H2,1-3H3. The van der Waals surface area contributed by atoms with E-state index in [2.05, 4.69) is 46.4 Å². The first-order valence-corrected chi connectivity index (χ1v) is 22.4. The second kappa shape index (κ2) is 33.6. The number of ether oxygens (including phenoxy) is 4. The summed E-state index contributed by atoms with van der Waals surface area (Å²) in [7, 11) is 4.35. The zero-order chi connectivity index (χ0) is 40.5. The monoisotopic (exact) mass is 796 g/mol. The van der Waals surface area contributed by atoms with Crippen molar-refractivity contribution in [2.24, 2.45) is 11.8 Å². The predicted octanol–water partition coefficient (Wildman–Crippen LogP) is 5.20. The zero-order valence-electron chi connectivity index (χ0n) is 35.8. The molecule has 0 spiro atoms. The first-order valence-electron chi connectivity index (χ1n) is 22.4. The van der Waals surface area contributed by atoms with E-state index in [0.717, 1.165) is 90.3 Å². The van der Waals surface area contributed by atoms with Gasteiger partial charge in [-0.05, 0) is 129 Å². The van der Waals surface area contributed by atoms with Crippen molar-refractivity contribution < 1.29 is 38.1 Å². The Kier molecular flexibility index (Phi) is 29.9. The average Bonchev–Trinajstić information content (AvgIpc) is 3.19. The number of piperidine rings is 1. The van der Waals surface area contributed by atoms with Gasteiger partial charge in [0.1, 0.15) is 0 Å². The largest absolute Gasteiger partial charge is 0.466 e. The molecule has 0 bridgehead atoms. The molecular weight excluding hydrogens is 714 g/mol. The number of carbonyl (C=O) groups excluding carboxylic acids is 4. The van der Waals surface area contributed by atoms with Crippen LogP contribution in [0.3, 0.4) is 0 Å². The smallest absolute Gasteiger partial charge is 0.307 e. The second-order valence-corrected chi connectivity index (χ2v) is 16.1. The second-order valence-electron chi connectivity index (χ2n) is 16.1. The Morgan fingerprint density at radius 2 is 1.00 bits per heavy atom. The van der Waals surface area contributed by atoms with Gasteiger partial charge in [0, 0.05) is 52.1 Å². The van der Waals surface area contributed by atoms with Crippen molar-refractivity contribution in [3.63, 3.8) is 0 Å². The zero-order valence-corrected chi connectivity index (χ0v) is 35.8. The Morgan fingerprint density at radius 1 is 0.536 bits per heavy atom. The molecule has 2 rings (SSSR count). The Balaban J connectivity index is 1.40. The van der Waals surface area contributed by atoms with Gasteiger partial charge >= 0.3 is 23.9 Å². The third-order valence-electron chi connectivity index (χ3n) is 11.1. The number of likely N-dealkylation sites (N-methyl/N-ethyl adjacent to an activating group) is 1. The molecule has 2 heterocycles. The van der Waals surface area contributed by atoms with E-state index in [9.17, 15) is 19.2 Å². The number of unbranched alkanes of at least 4 members (excludes halogenated alkanes) is 4. The maximum Gasteiger partial charge on any atom is 0.307 e. The maximum atomic E-state index is 12.4. The lowest BCUT2D eigenvalue weighted by Gasteiger charge is -2.32. The van der Waals surface area contributed by atoms with E-state index in [1.54, 1.807) is 0 Å². The van der Waals surface area contributed by atoms with Crippen LogP contribution in [0.15, 0.2) is 0 Å². The van der Waals surface area contributed by atoms with Gasteiger partial charge in [0.15, 0.2) is 0 Å². The van der Waals surface area contributed by atoms with E-state index >= 15 is 0 Å². The number of likely N-dealkylation sites (tertiary alicyclic amines) is 1. The van der Waals surface area contributed by atoms with Gasteiger partial charge in [-0.1, -0.05) is 32.6 Å². The molecule has 13 nitrogen and oxygen atoms in total.